The Balaban J connectivity index is 2.08. The predicted molar refractivity (Wildman–Crippen MR) is 91.1 cm³/mol. The van der Waals surface area contributed by atoms with Crippen LogP contribution in [0, 0.1) is 5.92 Å². The van der Waals surface area contributed by atoms with Gasteiger partial charge in [-0.3, -0.25) is 14.4 Å². The van der Waals surface area contributed by atoms with Crippen molar-refractivity contribution >= 4 is 17.3 Å². The van der Waals surface area contributed by atoms with Crippen LogP contribution in [0.25, 0.3) is 0 Å². The highest BCUT2D eigenvalue weighted by molar-refractivity contribution is 6.32. The molecule has 3 rings (SSSR count). The van der Waals surface area contributed by atoms with Gasteiger partial charge >= 0.3 is 0 Å². The zero-order chi connectivity index (χ0) is 17.3. The van der Waals surface area contributed by atoms with E-state index in [1.807, 2.05) is 6.07 Å². The molecule has 0 atom stereocenters. The fourth-order valence-electron chi connectivity index (χ4n) is 2.92. The van der Waals surface area contributed by atoms with Gasteiger partial charge in [-0.15, -0.1) is 0 Å². The molecule has 0 N–H and O–H groups in total. The van der Waals surface area contributed by atoms with Crippen LogP contribution in [-0.2, 0) is 0 Å². The number of hydrogen-bond donors (Lipinski definition) is 0. The highest BCUT2D eigenvalue weighted by atomic mass is 16.2. The van der Waals surface area contributed by atoms with Crippen LogP contribution in [0.4, 0.5) is 0 Å². The molecule has 24 heavy (non-hydrogen) atoms. The molecule has 1 aliphatic carbocycles. The lowest BCUT2D eigenvalue weighted by molar-refractivity contribution is 0.0836. The van der Waals surface area contributed by atoms with E-state index in [4.69, 9.17) is 0 Å². The zero-order valence-electron chi connectivity index (χ0n) is 13.5. The third-order valence-corrected chi connectivity index (χ3v) is 3.99. The van der Waals surface area contributed by atoms with E-state index < -0.39 is 5.92 Å². The van der Waals surface area contributed by atoms with Crippen molar-refractivity contribution in [2.75, 3.05) is 14.1 Å². The summed E-state index contributed by atoms with van der Waals surface area (Å²) < 4.78 is 0. The number of benzene rings is 2. The number of ketones is 3. The van der Waals surface area contributed by atoms with Crippen molar-refractivity contribution in [2.45, 2.75) is 0 Å². The molecule has 1 aliphatic rings. The lowest BCUT2D eigenvalue weighted by Crippen LogP contribution is -2.25. The first-order chi connectivity index (χ1) is 11.5. The quantitative estimate of drug-likeness (QED) is 0.494. The maximum atomic E-state index is 12.9. The number of rotatable bonds is 4. The second kappa shape index (κ2) is 6.24. The molecule has 4 nitrogen and oxygen atoms in total. The van der Waals surface area contributed by atoms with Gasteiger partial charge in [-0.2, -0.15) is 0 Å². The molecule has 0 unspecified atom stereocenters. The van der Waals surface area contributed by atoms with Crippen molar-refractivity contribution < 1.29 is 14.4 Å². The Bertz CT molecular complexity index is 815. The molecule has 0 spiro atoms. The summed E-state index contributed by atoms with van der Waals surface area (Å²) in [6, 6.07) is 15.4. The molecule has 2 aromatic rings. The second-order valence-electron chi connectivity index (χ2n) is 5.95. The van der Waals surface area contributed by atoms with E-state index in [0.29, 0.717) is 16.7 Å². The number of carbonyl (C=O) groups excluding carboxylic acids is 3. The number of nitrogens with zero attached hydrogens (tertiary/aromatic N) is 1. The van der Waals surface area contributed by atoms with Crippen LogP contribution in [-0.4, -0.2) is 36.3 Å². The molecule has 0 saturated carbocycles. The minimum Gasteiger partial charge on any atom is -0.383 e. The van der Waals surface area contributed by atoms with Crippen molar-refractivity contribution in [1.29, 1.82) is 0 Å². The fraction of sp³-hybridized carbons (Fsp3) is 0.150. The van der Waals surface area contributed by atoms with E-state index in [0.717, 1.165) is 0 Å². The molecule has 0 bridgehead atoms. The maximum absolute atomic E-state index is 12.9. The van der Waals surface area contributed by atoms with Crippen LogP contribution in [0.5, 0.6) is 0 Å². The first-order valence-corrected chi connectivity index (χ1v) is 7.66. The van der Waals surface area contributed by atoms with Gasteiger partial charge in [0.1, 0.15) is 5.92 Å². The molecule has 0 radical (unpaired) electrons. The summed E-state index contributed by atoms with van der Waals surface area (Å²) in [7, 11) is 3.52. The number of hydrogen-bond acceptors (Lipinski definition) is 4. The number of Topliss-reactive ketones (excluding diaryl/α,β-unsaturated/α-hetero) is 3. The maximum Gasteiger partial charge on any atom is 0.191 e. The summed E-state index contributed by atoms with van der Waals surface area (Å²) in [6.07, 6.45) is 1.57. The minimum atomic E-state index is -1.07. The Labute approximate surface area is 140 Å². The third-order valence-electron chi connectivity index (χ3n) is 3.99. The van der Waals surface area contributed by atoms with Gasteiger partial charge < -0.3 is 4.90 Å². The van der Waals surface area contributed by atoms with Crippen LogP contribution < -0.4 is 0 Å². The number of fused-ring (bicyclic) bond motifs is 1. The molecule has 0 heterocycles. The summed E-state index contributed by atoms with van der Waals surface area (Å²) in [4.78, 5) is 40.1. The first kappa shape index (κ1) is 15.9. The van der Waals surface area contributed by atoms with Crippen molar-refractivity contribution in [3.8, 4) is 0 Å². The minimum absolute atomic E-state index is 0.206. The van der Waals surface area contributed by atoms with E-state index in [9.17, 15) is 14.4 Å². The van der Waals surface area contributed by atoms with Crippen molar-refractivity contribution in [3.63, 3.8) is 0 Å². The summed E-state index contributed by atoms with van der Waals surface area (Å²) in [5.74, 6) is -2.00. The smallest absolute Gasteiger partial charge is 0.191 e. The van der Waals surface area contributed by atoms with Gasteiger partial charge in [-0.1, -0.05) is 54.6 Å². The van der Waals surface area contributed by atoms with Crippen LogP contribution in [0.3, 0.4) is 0 Å². The molecule has 0 amide bonds. The molecule has 0 saturated heterocycles. The van der Waals surface area contributed by atoms with Crippen LogP contribution in [0.1, 0.15) is 31.1 Å². The number of carbonyl (C=O) groups is 3. The molecule has 4 heteroatoms. The van der Waals surface area contributed by atoms with E-state index in [-0.39, 0.29) is 22.9 Å². The van der Waals surface area contributed by atoms with Crippen LogP contribution in [0.2, 0.25) is 0 Å². The van der Waals surface area contributed by atoms with Gasteiger partial charge in [-0.05, 0) is 0 Å². The van der Waals surface area contributed by atoms with Crippen molar-refractivity contribution in [2.24, 2.45) is 5.92 Å². The SMILES string of the molecule is CN(C)/C=C(\C(=O)c1ccccc1)C1C(=O)c2ccccc2C1=O. The molecule has 120 valence electrons. The topological polar surface area (TPSA) is 54.5 Å². The largest absolute Gasteiger partial charge is 0.383 e. The van der Waals surface area contributed by atoms with E-state index in [1.165, 1.54) is 0 Å². The Morgan fingerprint density at radius 2 is 1.38 bits per heavy atom. The Morgan fingerprint density at radius 1 is 0.875 bits per heavy atom. The van der Waals surface area contributed by atoms with E-state index in [1.54, 1.807) is 73.7 Å². The molecular formula is C20H17NO3. The lowest BCUT2D eigenvalue weighted by atomic mass is 9.88. The number of allylic oxidation sites excluding steroid dienone is 1. The fourth-order valence-corrected chi connectivity index (χ4v) is 2.92. The molecule has 0 fully saturated rings. The Morgan fingerprint density at radius 3 is 1.88 bits per heavy atom. The molecule has 2 aromatic carbocycles. The van der Waals surface area contributed by atoms with E-state index in [2.05, 4.69) is 0 Å². The third kappa shape index (κ3) is 2.67. The highest BCUT2D eigenvalue weighted by Gasteiger charge is 2.42. The summed E-state index contributed by atoms with van der Waals surface area (Å²) >= 11 is 0. The standard InChI is InChI=1S/C20H17NO3/c1-21(2)12-16(18(22)13-8-4-3-5-9-13)17-19(23)14-10-6-7-11-15(14)20(17)24/h3-12,17H,1-2H3/b16-12-. The second-order valence-corrected chi connectivity index (χ2v) is 5.95. The van der Waals surface area contributed by atoms with Crippen LogP contribution in [0.15, 0.2) is 66.4 Å². The average Bonchev–Trinajstić information content (AvgIpc) is 2.84. The monoisotopic (exact) mass is 319 g/mol. The molecule has 0 aromatic heterocycles. The summed E-state index contributed by atoms with van der Waals surface area (Å²) in [5, 5.41) is 0. The highest BCUT2D eigenvalue weighted by Crippen LogP contribution is 2.33. The molecule has 0 aliphatic heterocycles. The zero-order valence-corrected chi connectivity index (χ0v) is 13.5. The van der Waals surface area contributed by atoms with Gasteiger partial charge in [-0.25, -0.2) is 0 Å². The Kier molecular flexibility index (Phi) is 4.13. The summed E-state index contributed by atoms with van der Waals surface area (Å²) in [5.41, 5.74) is 1.44. The van der Waals surface area contributed by atoms with Gasteiger partial charge in [0.2, 0.25) is 0 Å². The Hall–Kier alpha value is -3.01. The van der Waals surface area contributed by atoms with Crippen molar-refractivity contribution in [3.05, 3.63) is 83.1 Å². The van der Waals surface area contributed by atoms with Gasteiger partial charge in [0.25, 0.3) is 0 Å². The van der Waals surface area contributed by atoms with Crippen molar-refractivity contribution in [1.82, 2.24) is 4.90 Å². The van der Waals surface area contributed by atoms with Gasteiger partial charge in [0, 0.05) is 42.6 Å². The summed E-state index contributed by atoms with van der Waals surface area (Å²) in [6.45, 7) is 0. The van der Waals surface area contributed by atoms with Gasteiger partial charge in [0.05, 0.1) is 0 Å². The lowest BCUT2D eigenvalue weighted by Gasteiger charge is -2.15. The average molecular weight is 319 g/mol. The van der Waals surface area contributed by atoms with E-state index >= 15 is 0 Å². The van der Waals surface area contributed by atoms with Gasteiger partial charge in [0.15, 0.2) is 17.3 Å². The molecular weight excluding hydrogens is 302 g/mol. The van der Waals surface area contributed by atoms with Crippen LogP contribution >= 0.6 is 0 Å². The predicted octanol–water partition coefficient (Wildman–Crippen LogP) is 3.01. The normalized spacial score (nSPS) is 14.7. The first-order valence-electron chi connectivity index (χ1n) is 7.66.